The van der Waals surface area contributed by atoms with E-state index in [0.717, 1.165) is 18.5 Å². The van der Waals surface area contributed by atoms with Crippen molar-refractivity contribution in [1.82, 2.24) is 15.1 Å². The lowest BCUT2D eigenvalue weighted by atomic mass is 10.0. The maximum atomic E-state index is 14.8. The zero-order chi connectivity index (χ0) is 24.8. The number of hydrogen-bond donors (Lipinski definition) is 2. The van der Waals surface area contributed by atoms with Crippen molar-refractivity contribution in [3.05, 3.63) is 40.8 Å². The minimum Gasteiger partial charge on any atom is -0.446 e. The monoisotopic (exact) mass is 492 g/mol. The number of fused-ring (bicyclic) bond motifs is 1. The van der Waals surface area contributed by atoms with E-state index in [-0.39, 0.29) is 40.8 Å². The fraction of sp³-hybridized carbons (Fsp3) is 0.583. The molecule has 2 atom stereocenters. The number of rotatable bonds is 5. The predicted octanol–water partition coefficient (Wildman–Crippen LogP) is 4.72. The molecule has 1 aromatic heterocycles. The number of aromatic nitrogens is 2. The summed E-state index contributed by atoms with van der Waals surface area (Å²) in [5.41, 5.74) is 1.86. The van der Waals surface area contributed by atoms with E-state index in [0.29, 0.717) is 23.4 Å². The second-order valence-electron chi connectivity index (χ2n) is 10.6. The van der Waals surface area contributed by atoms with Gasteiger partial charge in [0.1, 0.15) is 17.7 Å². The number of alkyl carbamates (subject to hydrolysis) is 1. The fourth-order valence-corrected chi connectivity index (χ4v) is 6.21. The van der Waals surface area contributed by atoms with Gasteiger partial charge in [-0.3, -0.25) is 0 Å². The third-order valence-electron chi connectivity index (χ3n) is 6.15. The molecule has 0 spiro atoms. The molecule has 8 nitrogen and oxygen atoms in total. The van der Waals surface area contributed by atoms with Crippen LogP contribution in [0.5, 0.6) is 0 Å². The Labute approximate surface area is 200 Å². The molecule has 2 heterocycles. The number of carbonyl (C=O) groups excluding carboxylic acids is 1. The van der Waals surface area contributed by atoms with Crippen molar-refractivity contribution in [3.8, 4) is 0 Å². The van der Waals surface area contributed by atoms with E-state index in [1.165, 1.54) is 6.07 Å². The Balaban J connectivity index is 1.55. The van der Waals surface area contributed by atoms with Crippen LogP contribution in [0.1, 0.15) is 76.6 Å². The lowest BCUT2D eigenvalue weighted by molar-refractivity contribution is 0.0981. The van der Waals surface area contributed by atoms with Gasteiger partial charge in [-0.2, -0.15) is 5.10 Å². The molecular formula is C24H33FN4O4S. The van der Waals surface area contributed by atoms with Gasteiger partial charge in [0.2, 0.25) is 0 Å². The Hall–Kier alpha value is -2.62. The predicted molar refractivity (Wildman–Crippen MR) is 128 cm³/mol. The summed E-state index contributed by atoms with van der Waals surface area (Å²) in [6.45, 7) is 9.80. The average molecular weight is 493 g/mol. The molecule has 1 fully saturated rings. The third-order valence-corrected chi connectivity index (χ3v) is 7.65. The number of sulfone groups is 1. The van der Waals surface area contributed by atoms with E-state index < -0.39 is 21.7 Å². The first-order chi connectivity index (χ1) is 15.8. The summed E-state index contributed by atoms with van der Waals surface area (Å²) < 4.78 is 46.1. The molecule has 0 bridgehead atoms. The number of amides is 1. The number of carbonyl (C=O) groups is 1. The van der Waals surface area contributed by atoms with Crippen LogP contribution in [0.4, 0.5) is 20.7 Å². The van der Waals surface area contributed by atoms with E-state index in [1.807, 2.05) is 45.4 Å². The van der Waals surface area contributed by atoms with Gasteiger partial charge in [0.25, 0.3) is 0 Å². The molecule has 2 aromatic rings. The summed E-state index contributed by atoms with van der Waals surface area (Å²) in [6, 6.07) is 4.82. The molecule has 1 aliphatic carbocycles. The smallest absolute Gasteiger partial charge is 0.407 e. The summed E-state index contributed by atoms with van der Waals surface area (Å²) >= 11 is 0. The first kappa shape index (κ1) is 24.5. The van der Waals surface area contributed by atoms with Crippen LogP contribution in [-0.4, -0.2) is 36.4 Å². The van der Waals surface area contributed by atoms with Crippen molar-refractivity contribution in [2.75, 3.05) is 5.32 Å². The molecule has 34 heavy (non-hydrogen) atoms. The van der Waals surface area contributed by atoms with E-state index in [9.17, 15) is 17.6 Å². The Morgan fingerprint density at radius 3 is 2.50 bits per heavy atom. The van der Waals surface area contributed by atoms with Gasteiger partial charge in [-0.1, -0.05) is 0 Å². The van der Waals surface area contributed by atoms with Crippen molar-refractivity contribution in [3.63, 3.8) is 0 Å². The van der Waals surface area contributed by atoms with E-state index >= 15 is 0 Å². The standard InChI is InChI=1S/C24H33FN4O4S/c1-14(2)26-23(30)33-18-7-6-15(8-18)20-11-22(29(28-20)24(3,4)5)27-21-10-17-13-34(31,32)12-16(17)9-19(21)25/h9-11,14-15,18,27H,6-8,12-13H2,1-5H3,(H,26,30)/t15-,18+/m0/s1. The maximum Gasteiger partial charge on any atom is 0.407 e. The van der Waals surface area contributed by atoms with Gasteiger partial charge < -0.3 is 15.4 Å². The third kappa shape index (κ3) is 5.37. The highest BCUT2D eigenvalue weighted by Crippen LogP contribution is 2.38. The number of halogens is 1. The first-order valence-electron chi connectivity index (χ1n) is 11.7. The summed E-state index contributed by atoms with van der Waals surface area (Å²) in [6.07, 6.45) is 1.70. The maximum absolute atomic E-state index is 14.8. The number of nitrogens with one attached hydrogen (secondary N) is 2. The van der Waals surface area contributed by atoms with Gasteiger partial charge in [-0.05, 0) is 77.1 Å². The molecule has 0 saturated heterocycles. The minimum atomic E-state index is -3.22. The molecule has 1 aromatic carbocycles. The fourth-order valence-electron chi connectivity index (χ4n) is 4.62. The molecule has 10 heteroatoms. The van der Waals surface area contributed by atoms with Gasteiger partial charge in [-0.15, -0.1) is 0 Å². The number of hydrogen-bond acceptors (Lipinski definition) is 6. The van der Waals surface area contributed by atoms with Gasteiger partial charge in [0.15, 0.2) is 9.84 Å². The molecule has 186 valence electrons. The Bertz CT molecular complexity index is 1200. The quantitative estimate of drug-likeness (QED) is 0.626. The second-order valence-corrected chi connectivity index (χ2v) is 12.7. The summed E-state index contributed by atoms with van der Waals surface area (Å²) in [4.78, 5) is 12.0. The van der Waals surface area contributed by atoms with E-state index in [1.54, 1.807) is 6.07 Å². The van der Waals surface area contributed by atoms with Crippen LogP contribution < -0.4 is 10.6 Å². The number of ether oxygens (including phenoxy) is 1. The molecule has 0 unspecified atom stereocenters. The van der Waals surface area contributed by atoms with Gasteiger partial charge in [-0.25, -0.2) is 22.3 Å². The van der Waals surface area contributed by atoms with Crippen LogP contribution in [0.25, 0.3) is 0 Å². The zero-order valence-corrected chi connectivity index (χ0v) is 21.1. The number of benzene rings is 1. The van der Waals surface area contributed by atoms with E-state index in [2.05, 4.69) is 10.6 Å². The lowest BCUT2D eigenvalue weighted by Gasteiger charge is -2.23. The molecule has 1 saturated carbocycles. The Morgan fingerprint density at radius 1 is 1.18 bits per heavy atom. The Morgan fingerprint density at radius 2 is 1.85 bits per heavy atom. The SMILES string of the molecule is CC(C)NC(=O)O[C@@H]1CC[C@H](c2cc(Nc3cc4c(cc3F)CS(=O)(=O)C4)n(C(C)(C)C)n2)C1. The zero-order valence-electron chi connectivity index (χ0n) is 20.3. The first-order valence-corrected chi connectivity index (χ1v) is 13.5. The largest absolute Gasteiger partial charge is 0.446 e. The van der Waals surface area contributed by atoms with Crippen molar-refractivity contribution in [2.24, 2.45) is 0 Å². The molecule has 1 amide bonds. The van der Waals surface area contributed by atoms with Crippen LogP contribution in [-0.2, 0) is 31.6 Å². The van der Waals surface area contributed by atoms with Gasteiger partial charge in [0.05, 0.1) is 28.4 Å². The van der Waals surface area contributed by atoms with Gasteiger partial charge >= 0.3 is 6.09 Å². The highest BCUT2D eigenvalue weighted by molar-refractivity contribution is 7.90. The van der Waals surface area contributed by atoms with Crippen LogP contribution in [0.2, 0.25) is 0 Å². The van der Waals surface area contributed by atoms with Crippen LogP contribution in [0, 0.1) is 5.82 Å². The van der Waals surface area contributed by atoms with Crippen LogP contribution in [0.15, 0.2) is 18.2 Å². The number of anilines is 2. The average Bonchev–Trinajstić information content (AvgIpc) is 3.37. The normalized spacial score (nSPS) is 21.5. The van der Waals surface area contributed by atoms with E-state index in [4.69, 9.17) is 9.84 Å². The summed E-state index contributed by atoms with van der Waals surface area (Å²) in [5.74, 6) is 0.0585. The highest BCUT2D eigenvalue weighted by atomic mass is 32.2. The van der Waals surface area contributed by atoms with Crippen LogP contribution in [0.3, 0.4) is 0 Å². The molecule has 4 rings (SSSR count). The van der Waals surface area contributed by atoms with Crippen LogP contribution >= 0.6 is 0 Å². The van der Waals surface area contributed by atoms with Crippen molar-refractivity contribution >= 4 is 27.4 Å². The van der Waals surface area contributed by atoms with Gasteiger partial charge in [0, 0.05) is 18.0 Å². The highest BCUT2D eigenvalue weighted by Gasteiger charge is 2.32. The molecule has 2 N–H and O–H groups in total. The number of nitrogens with zero attached hydrogens (tertiary/aromatic N) is 2. The molecule has 2 aliphatic rings. The Kier molecular flexibility index (Phi) is 6.39. The molecule has 0 radical (unpaired) electrons. The summed E-state index contributed by atoms with van der Waals surface area (Å²) in [7, 11) is -3.22. The topological polar surface area (TPSA) is 102 Å². The molecule has 1 aliphatic heterocycles. The minimum absolute atomic E-state index is 0.0144. The second kappa shape index (κ2) is 8.87. The van der Waals surface area contributed by atoms with Crippen molar-refractivity contribution < 1.29 is 22.3 Å². The van der Waals surface area contributed by atoms with Crippen molar-refractivity contribution in [1.29, 1.82) is 0 Å². The summed E-state index contributed by atoms with van der Waals surface area (Å²) in [5, 5.41) is 10.7. The molecular weight excluding hydrogens is 459 g/mol. The van der Waals surface area contributed by atoms with Crippen molar-refractivity contribution in [2.45, 2.75) is 89.0 Å². The lowest BCUT2D eigenvalue weighted by Crippen LogP contribution is -2.33.